The molecule has 0 N–H and O–H groups in total. The summed E-state index contributed by atoms with van der Waals surface area (Å²) in [4.78, 5) is 23.5. The zero-order chi connectivity index (χ0) is 17.2. The number of hydrogen-bond acceptors (Lipinski definition) is 6. The van der Waals surface area contributed by atoms with Crippen molar-refractivity contribution in [3.05, 3.63) is 45.8 Å². The van der Waals surface area contributed by atoms with Gasteiger partial charge in [-0.15, -0.1) is 0 Å². The fraction of sp³-hybridized carbons (Fsp3) is 0.556. The van der Waals surface area contributed by atoms with Crippen molar-refractivity contribution >= 4 is 5.82 Å². The zero-order valence-electron chi connectivity index (χ0n) is 14.5. The standard InChI is InChI=1S/C18H23N5O2/c1-25-12-16-19-8-7-17(20-16)22-9-3-5-14(22)11-23-18(24)10-13-4-2-6-15(13)21-23/h7-8,10,14H,2-6,9,11-12H2,1H3. The molecule has 1 aliphatic carbocycles. The van der Waals surface area contributed by atoms with Gasteiger partial charge in [0.2, 0.25) is 0 Å². The van der Waals surface area contributed by atoms with Gasteiger partial charge in [-0.3, -0.25) is 4.79 Å². The van der Waals surface area contributed by atoms with Crippen LogP contribution in [-0.2, 0) is 30.7 Å². The average Bonchev–Trinajstić information content (AvgIpc) is 3.25. The Hall–Kier alpha value is -2.28. The Labute approximate surface area is 146 Å². The highest BCUT2D eigenvalue weighted by atomic mass is 16.5. The van der Waals surface area contributed by atoms with Crippen LogP contribution in [0.15, 0.2) is 23.1 Å². The molecule has 1 unspecified atom stereocenters. The lowest BCUT2D eigenvalue weighted by Crippen LogP contribution is -2.38. The molecule has 0 spiro atoms. The van der Waals surface area contributed by atoms with E-state index in [-0.39, 0.29) is 11.6 Å². The predicted molar refractivity (Wildman–Crippen MR) is 93.6 cm³/mol. The van der Waals surface area contributed by atoms with Crippen LogP contribution < -0.4 is 10.5 Å². The van der Waals surface area contributed by atoms with Crippen molar-refractivity contribution in [1.29, 1.82) is 0 Å². The minimum atomic E-state index is 0.00950. The molecule has 0 radical (unpaired) electrons. The molecular formula is C18H23N5O2. The summed E-state index contributed by atoms with van der Waals surface area (Å²) in [6.45, 7) is 1.95. The normalized spacial score (nSPS) is 19.4. The Bertz CT molecular complexity index is 819. The molecule has 2 aliphatic rings. The van der Waals surface area contributed by atoms with E-state index < -0.39 is 0 Å². The number of anilines is 1. The maximum absolute atomic E-state index is 12.4. The van der Waals surface area contributed by atoms with Crippen molar-refractivity contribution in [2.24, 2.45) is 0 Å². The van der Waals surface area contributed by atoms with Crippen molar-refractivity contribution in [3.63, 3.8) is 0 Å². The van der Waals surface area contributed by atoms with E-state index in [0.717, 1.165) is 55.7 Å². The number of aromatic nitrogens is 4. The molecule has 4 rings (SSSR count). The van der Waals surface area contributed by atoms with Crippen LogP contribution in [0.25, 0.3) is 0 Å². The first-order valence-corrected chi connectivity index (χ1v) is 8.92. The van der Waals surface area contributed by atoms with E-state index >= 15 is 0 Å². The summed E-state index contributed by atoms with van der Waals surface area (Å²) in [6.07, 6.45) is 6.96. The zero-order valence-corrected chi connectivity index (χ0v) is 14.5. The number of hydrogen-bond donors (Lipinski definition) is 0. The summed E-state index contributed by atoms with van der Waals surface area (Å²) < 4.78 is 6.77. The Morgan fingerprint density at radius 1 is 1.32 bits per heavy atom. The highest BCUT2D eigenvalue weighted by Crippen LogP contribution is 2.25. The maximum Gasteiger partial charge on any atom is 0.267 e. The Balaban J connectivity index is 1.56. The van der Waals surface area contributed by atoms with Gasteiger partial charge in [0.1, 0.15) is 12.4 Å². The molecule has 132 valence electrons. The lowest BCUT2D eigenvalue weighted by Gasteiger charge is -2.26. The summed E-state index contributed by atoms with van der Waals surface area (Å²) >= 11 is 0. The highest BCUT2D eigenvalue weighted by Gasteiger charge is 2.27. The molecule has 0 aromatic carbocycles. The fourth-order valence-corrected chi connectivity index (χ4v) is 3.84. The van der Waals surface area contributed by atoms with Crippen molar-refractivity contribution < 1.29 is 4.74 Å². The third-order valence-electron chi connectivity index (χ3n) is 5.04. The summed E-state index contributed by atoms with van der Waals surface area (Å²) in [5.74, 6) is 1.58. The summed E-state index contributed by atoms with van der Waals surface area (Å²) in [5, 5.41) is 4.62. The minimum Gasteiger partial charge on any atom is -0.377 e. The van der Waals surface area contributed by atoms with Crippen LogP contribution in [0.2, 0.25) is 0 Å². The Morgan fingerprint density at radius 2 is 2.24 bits per heavy atom. The summed E-state index contributed by atoms with van der Waals surface area (Å²) in [7, 11) is 1.64. The quantitative estimate of drug-likeness (QED) is 0.817. The van der Waals surface area contributed by atoms with E-state index in [2.05, 4.69) is 20.0 Å². The molecule has 7 nitrogen and oxygen atoms in total. The monoisotopic (exact) mass is 341 g/mol. The van der Waals surface area contributed by atoms with E-state index in [1.807, 2.05) is 6.07 Å². The van der Waals surface area contributed by atoms with Gasteiger partial charge in [0.25, 0.3) is 5.56 Å². The number of rotatable bonds is 5. The largest absolute Gasteiger partial charge is 0.377 e. The number of ether oxygens (including phenoxy) is 1. The summed E-state index contributed by atoms with van der Waals surface area (Å²) in [5.41, 5.74) is 2.23. The first-order valence-electron chi connectivity index (χ1n) is 8.92. The summed E-state index contributed by atoms with van der Waals surface area (Å²) in [6, 6.07) is 3.93. The van der Waals surface area contributed by atoms with Gasteiger partial charge in [-0.05, 0) is 43.7 Å². The van der Waals surface area contributed by atoms with Crippen molar-refractivity contribution in [2.45, 2.75) is 51.3 Å². The Morgan fingerprint density at radius 3 is 3.12 bits per heavy atom. The van der Waals surface area contributed by atoms with Crippen LogP contribution in [0, 0.1) is 0 Å². The predicted octanol–water partition coefficient (Wildman–Crippen LogP) is 1.34. The smallest absolute Gasteiger partial charge is 0.267 e. The number of nitrogens with zero attached hydrogens (tertiary/aromatic N) is 5. The van der Waals surface area contributed by atoms with Crippen molar-refractivity contribution in [3.8, 4) is 0 Å². The second-order valence-electron chi connectivity index (χ2n) is 6.74. The topological polar surface area (TPSA) is 73.1 Å². The van der Waals surface area contributed by atoms with Crippen LogP contribution in [-0.4, -0.2) is 39.4 Å². The molecule has 3 heterocycles. The van der Waals surface area contributed by atoms with Crippen molar-refractivity contribution in [1.82, 2.24) is 19.7 Å². The third-order valence-corrected chi connectivity index (χ3v) is 5.04. The van der Waals surface area contributed by atoms with Gasteiger partial charge in [0.15, 0.2) is 5.82 Å². The van der Waals surface area contributed by atoms with Gasteiger partial charge >= 0.3 is 0 Å². The second-order valence-corrected chi connectivity index (χ2v) is 6.74. The molecule has 2 aromatic heterocycles. The van der Waals surface area contributed by atoms with E-state index in [1.54, 1.807) is 24.1 Å². The molecular weight excluding hydrogens is 318 g/mol. The van der Waals surface area contributed by atoms with Gasteiger partial charge in [-0.25, -0.2) is 14.6 Å². The van der Waals surface area contributed by atoms with Crippen LogP contribution in [0.3, 0.4) is 0 Å². The number of aryl methyl sites for hydroxylation is 2. The van der Waals surface area contributed by atoms with Gasteiger partial charge in [-0.1, -0.05) is 0 Å². The molecule has 1 atom stereocenters. The third kappa shape index (κ3) is 3.28. The number of methoxy groups -OCH3 is 1. The SMILES string of the molecule is COCc1nccc(N2CCCC2Cn2nc3c(cc2=O)CCC3)n1. The van der Waals surface area contributed by atoms with Gasteiger partial charge < -0.3 is 9.64 Å². The Kier molecular flexibility index (Phi) is 4.48. The first kappa shape index (κ1) is 16.2. The lowest BCUT2D eigenvalue weighted by molar-refractivity contribution is 0.178. The van der Waals surface area contributed by atoms with E-state index in [0.29, 0.717) is 19.0 Å². The molecule has 0 saturated carbocycles. The first-order chi connectivity index (χ1) is 12.2. The number of fused-ring (bicyclic) bond motifs is 1. The van der Waals surface area contributed by atoms with E-state index in [4.69, 9.17) is 4.74 Å². The van der Waals surface area contributed by atoms with E-state index in [1.165, 1.54) is 0 Å². The average molecular weight is 341 g/mol. The van der Waals surface area contributed by atoms with Gasteiger partial charge in [-0.2, -0.15) is 5.10 Å². The van der Waals surface area contributed by atoms with Gasteiger partial charge in [0, 0.05) is 25.9 Å². The maximum atomic E-state index is 12.4. The fourth-order valence-electron chi connectivity index (χ4n) is 3.84. The van der Waals surface area contributed by atoms with Crippen LogP contribution >= 0.6 is 0 Å². The van der Waals surface area contributed by atoms with Crippen LogP contribution in [0.4, 0.5) is 5.82 Å². The lowest BCUT2D eigenvalue weighted by atomic mass is 10.2. The van der Waals surface area contributed by atoms with Crippen LogP contribution in [0.5, 0.6) is 0 Å². The molecule has 0 bridgehead atoms. The molecule has 0 amide bonds. The van der Waals surface area contributed by atoms with Crippen LogP contribution in [0.1, 0.15) is 36.3 Å². The molecule has 1 saturated heterocycles. The molecule has 2 aromatic rings. The van der Waals surface area contributed by atoms with Gasteiger partial charge in [0.05, 0.1) is 18.3 Å². The molecule has 7 heteroatoms. The minimum absolute atomic E-state index is 0.00950. The second kappa shape index (κ2) is 6.92. The van der Waals surface area contributed by atoms with Crippen molar-refractivity contribution in [2.75, 3.05) is 18.6 Å². The highest BCUT2D eigenvalue weighted by molar-refractivity contribution is 5.40. The molecule has 1 fully saturated rings. The molecule has 25 heavy (non-hydrogen) atoms. The van der Waals surface area contributed by atoms with E-state index in [9.17, 15) is 4.79 Å². The molecule has 1 aliphatic heterocycles.